The first kappa shape index (κ1) is 34.5. The largest absolute Gasteiger partial charge is 0.493 e. The van der Waals surface area contributed by atoms with Crippen molar-refractivity contribution in [1.82, 2.24) is 14.4 Å². The Morgan fingerprint density at radius 1 is 0.932 bits per heavy atom. The second kappa shape index (κ2) is 15.1. The minimum atomic E-state index is -4.00. The number of carbonyl (C=O) groups is 1. The summed E-state index contributed by atoms with van der Waals surface area (Å²) < 4.78 is 46.1. The van der Waals surface area contributed by atoms with E-state index in [-0.39, 0.29) is 22.9 Å². The summed E-state index contributed by atoms with van der Waals surface area (Å²) in [7, 11) is 0.765. The van der Waals surface area contributed by atoms with Crippen molar-refractivity contribution in [2.75, 3.05) is 47.5 Å². The van der Waals surface area contributed by atoms with Crippen LogP contribution < -0.4 is 25.7 Å². The lowest BCUT2D eigenvalue weighted by Gasteiger charge is -2.35. The summed E-state index contributed by atoms with van der Waals surface area (Å²) in [5.41, 5.74) is 12.4. The molecule has 1 saturated heterocycles. The number of benzene rings is 2. The van der Waals surface area contributed by atoms with Gasteiger partial charge in [-0.15, -0.1) is 12.4 Å². The molecule has 1 atom stereocenters. The monoisotopic (exact) mass is 646 g/mol. The fraction of sp³-hybridized carbons (Fsp3) is 0.333. The lowest BCUT2D eigenvalue weighted by atomic mass is 10.1. The molecule has 44 heavy (non-hydrogen) atoms. The maximum absolute atomic E-state index is 14.0. The molecule has 1 aliphatic rings. The number of hydrogen-bond acceptors (Lipinski definition) is 8. The molecule has 12 nitrogen and oxygen atoms in total. The molecule has 0 saturated carbocycles. The van der Waals surface area contributed by atoms with E-state index in [9.17, 15) is 13.2 Å². The van der Waals surface area contributed by atoms with Crippen LogP contribution in [0.25, 0.3) is 0 Å². The molecule has 1 fully saturated rings. The third-order valence-electron chi connectivity index (χ3n) is 7.33. The van der Waals surface area contributed by atoms with Crippen LogP contribution in [0.4, 0.5) is 0 Å². The second-order valence-corrected chi connectivity index (χ2v) is 12.0. The van der Waals surface area contributed by atoms with Gasteiger partial charge in [0.25, 0.3) is 5.91 Å². The summed E-state index contributed by atoms with van der Waals surface area (Å²) in [6.07, 6.45) is 4.68. The molecule has 1 amide bonds. The van der Waals surface area contributed by atoms with Crippen LogP contribution in [0.15, 0.2) is 77.4 Å². The first-order chi connectivity index (χ1) is 20.6. The van der Waals surface area contributed by atoms with Gasteiger partial charge in [0.05, 0.1) is 26.2 Å². The predicted molar refractivity (Wildman–Crippen MR) is 171 cm³/mol. The molecular weight excluding hydrogens is 608 g/mol. The number of aliphatic imine (C=N–C) groups is 1. The number of halogens is 1. The highest BCUT2D eigenvalue weighted by molar-refractivity contribution is 7.91. The number of sulfone groups is 1. The van der Waals surface area contributed by atoms with Crippen LogP contribution >= 0.6 is 12.4 Å². The number of nitrogens with two attached hydrogens (primary N) is 2. The number of nitrogens with zero attached hydrogens (tertiary/aromatic N) is 4. The van der Waals surface area contributed by atoms with Crippen molar-refractivity contribution in [3.05, 3.63) is 84.2 Å². The maximum Gasteiger partial charge on any atom is 0.280 e. The SMILES string of the molecule is C=CC(n1cccc1)S(=O)(=O)c1cc(C(=O)N=C(N)N)ccc1CN1CCN(Cc2ccc(OC)c(OC)c2OC)CC1.Cl. The van der Waals surface area contributed by atoms with Gasteiger partial charge >= 0.3 is 0 Å². The van der Waals surface area contributed by atoms with Crippen molar-refractivity contribution in [1.29, 1.82) is 0 Å². The highest BCUT2D eigenvalue weighted by Crippen LogP contribution is 2.40. The number of guanidine groups is 1. The number of ether oxygens (including phenoxy) is 3. The average molecular weight is 647 g/mol. The highest BCUT2D eigenvalue weighted by atomic mass is 35.5. The molecule has 238 valence electrons. The quantitative estimate of drug-likeness (QED) is 0.170. The van der Waals surface area contributed by atoms with Crippen molar-refractivity contribution in [2.24, 2.45) is 16.5 Å². The summed E-state index contributed by atoms with van der Waals surface area (Å²) in [5.74, 6) is 0.653. The summed E-state index contributed by atoms with van der Waals surface area (Å²) in [5, 5.41) is -1.07. The fourth-order valence-corrected chi connectivity index (χ4v) is 6.96. The number of hydrogen-bond donors (Lipinski definition) is 2. The Balaban J connectivity index is 0.00000529. The maximum atomic E-state index is 14.0. The molecule has 1 aliphatic heterocycles. The summed E-state index contributed by atoms with van der Waals surface area (Å²) in [6, 6.07) is 11.8. The van der Waals surface area contributed by atoms with E-state index in [1.54, 1.807) is 62.6 Å². The average Bonchev–Trinajstić information content (AvgIpc) is 3.52. The zero-order chi connectivity index (χ0) is 31.1. The van der Waals surface area contributed by atoms with Crippen LogP contribution in [-0.4, -0.2) is 82.2 Å². The molecule has 14 heteroatoms. The Morgan fingerprint density at radius 3 is 2.02 bits per heavy atom. The van der Waals surface area contributed by atoms with Gasteiger partial charge in [0, 0.05) is 62.8 Å². The number of carbonyl (C=O) groups excluding carboxylic acids is 1. The van der Waals surface area contributed by atoms with Crippen molar-refractivity contribution in [2.45, 2.75) is 23.4 Å². The van der Waals surface area contributed by atoms with Gasteiger partial charge in [-0.2, -0.15) is 4.99 Å². The van der Waals surface area contributed by atoms with E-state index < -0.39 is 27.1 Å². The molecule has 0 bridgehead atoms. The molecule has 4 N–H and O–H groups in total. The number of methoxy groups -OCH3 is 3. The minimum Gasteiger partial charge on any atom is -0.493 e. The van der Waals surface area contributed by atoms with Gasteiger partial charge in [0.15, 0.2) is 22.8 Å². The summed E-state index contributed by atoms with van der Waals surface area (Å²) >= 11 is 0. The van der Waals surface area contributed by atoms with Crippen LogP contribution in [0.5, 0.6) is 17.2 Å². The summed E-state index contributed by atoms with van der Waals surface area (Å²) in [4.78, 5) is 20.7. The van der Waals surface area contributed by atoms with E-state index in [1.807, 2.05) is 12.1 Å². The van der Waals surface area contributed by atoms with Crippen LogP contribution in [0.2, 0.25) is 0 Å². The predicted octanol–water partition coefficient (Wildman–Crippen LogP) is 2.83. The van der Waals surface area contributed by atoms with Gasteiger partial charge in [-0.1, -0.05) is 24.8 Å². The molecule has 3 aromatic rings. The van der Waals surface area contributed by atoms with E-state index in [0.29, 0.717) is 49.0 Å². The number of amides is 1. The van der Waals surface area contributed by atoms with Gasteiger partial charge in [-0.25, -0.2) is 8.42 Å². The van der Waals surface area contributed by atoms with E-state index in [1.165, 1.54) is 12.1 Å². The van der Waals surface area contributed by atoms with Gasteiger partial charge in [-0.05, 0) is 35.9 Å². The second-order valence-electron chi connectivity index (χ2n) is 10.0. The lowest BCUT2D eigenvalue weighted by Crippen LogP contribution is -2.45. The van der Waals surface area contributed by atoms with Crippen LogP contribution in [-0.2, 0) is 22.9 Å². The third kappa shape index (κ3) is 7.53. The van der Waals surface area contributed by atoms with Crippen molar-refractivity contribution in [3.8, 4) is 17.2 Å². The Morgan fingerprint density at radius 2 is 1.50 bits per heavy atom. The third-order valence-corrected chi connectivity index (χ3v) is 9.40. The zero-order valence-electron chi connectivity index (χ0n) is 25.0. The number of piperazine rings is 1. The molecule has 1 aromatic heterocycles. The van der Waals surface area contributed by atoms with Crippen molar-refractivity contribution >= 4 is 34.1 Å². The number of aromatic nitrogens is 1. The number of rotatable bonds is 12. The van der Waals surface area contributed by atoms with Crippen LogP contribution in [0.3, 0.4) is 0 Å². The molecule has 2 heterocycles. The Hall–Kier alpha value is -4.04. The van der Waals surface area contributed by atoms with E-state index in [2.05, 4.69) is 21.4 Å². The van der Waals surface area contributed by atoms with Gasteiger partial charge < -0.3 is 30.2 Å². The Bertz CT molecular complexity index is 1580. The normalized spacial score (nSPS) is 14.6. The summed E-state index contributed by atoms with van der Waals surface area (Å²) in [6.45, 7) is 7.68. The van der Waals surface area contributed by atoms with E-state index >= 15 is 0 Å². The standard InChI is InChI=1S/C30H38N6O6S.ClH/c1-5-26(36-12-6-7-13-36)43(38,39)25-18-21(29(37)33-30(31)32)8-9-22(25)19-34-14-16-35(17-15-34)20-23-10-11-24(40-2)28(42-4)27(23)41-3;/h5-13,18,26H,1,14-17,19-20H2,2-4H3,(H4,31,32,33,37);1H. The Kier molecular flexibility index (Phi) is 11.8. The molecule has 0 radical (unpaired) electrons. The van der Waals surface area contributed by atoms with Gasteiger partial charge in [-0.3, -0.25) is 14.6 Å². The molecule has 2 aromatic carbocycles. The minimum absolute atomic E-state index is 0. The topological polar surface area (TPSA) is 155 Å². The van der Waals surface area contributed by atoms with Crippen molar-refractivity contribution in [3.63, 3.8) is 0 Å². The molecule has 4 rings (SSSR count). The Labute approximate surface area is 264 Å². The van der Waals surface area contributed by atoms with Gasteiger partial charge in [0.2, 0.25) is 15.6 Å². The van der Waals surface area contributed by atoms with Crippen LogP contribution in [0.1, 0.15) is 26.9 Å². The fourth-order valence-electron chi connectivity index (χ4n) is 5.20. The van der Waals surface area contributed by atoms with Gasteiger partial charge in [0.1, 0.15) is 0 Å². The molecule has 0 spiro atoms. The smallest absolute Gasteiger partial charge is 0.280 e. The van der Waals surface area contributed by atoms with Crippen LogP contribution in [0, 0.1) is 0 Å². The van der Waals surface area contributed by atoms with E-state index in [4.69, 9.17) is 25.7 Å². The molecule has 1 unspecified atom stereocenters. The van der Waals surface area contributed by atoms with E-state index in [0.717, 1.165) is 18.7 Å². The first-order valence-corrected chi connectivity index (χ1v) is 15.2. The first-order valence-electron chi connectivity index (χ1n) is 13.6. The highest BCUT2D eigenvalue weighted by Gasteiger charge is 2.30. The molecule has 0 aliphatic carbocycles. The lowest BCUT2D eigenvalue weighted by molar-refractivity contribution is 0.100. The molecular formula is C30H39ClN6O6S. The van der Waals surface area contributed by atoms with Crippen molar-refractivity contribution < 1.29 is 27.4 Å². The zero-order valence-corrected chi connectivity index (χ0v) is 26.6.